The van der Waals surface area contributed by atoms with E-state index in [1.54, 1.807) is 26.1 Å². The minimum Gasteiger partial charge on any atom is -0.379 e. The van der Waals surface area contributed by atoms with Crippen LogP contribution in [0.3, 0.4) is 0 Å². The molecular weight excluding hydrogens is 550 g/mol. The number of unbranched alkanes of at least 4 members (excludes halogenated alkanes) is 2. The van der Waals surface area contributed by atoms with E-state index in [1.165, 1.54) is 28.9 Å². The number of nitrogens with zero attached hydrogens (tertiary/aromatic N) is 3. The predicted octanol–water partition coefficient (Wildman–Crippen LogP) is 4.05. The summed E-state index contributed by atoms with van der Waals surface area (Å²) in [6.07, 6.45) is 5.13. The molecule has 43 heavy (non-hydrogen) atoms. The fourth-order valence-electron chi connectivity index (χ4n) is 5.96. The molecule has 1 aliphatic heterocycles. The Morgan fingerprint density at radius 1 is 0.860 bits per heavy atom. The van der Waals surface area contributed by atoms with Crippen LogP contribution in [0.2, 0.25) is 0 Å². The minimum absolute atomic E-state index is 0.00478. The SMILES string of the molecule is CC[C@H](C)[C@@H]([C@@H](CC(C)=O)OC)N(C)C(=O)[C@@H](CC(=O)[C@H](C(C)C)N(C)C(=O)CCCCCN1C(=O)C=CC1=O)C(C)C. The van der Waals surface area contributed by atoms with E-state index in [0.717, 1.165) is 6.42 Å². The van der Waals surface area contributed by atoms with Crippen molar-refractivity contribution in [2.45, 2.75) is 112 Å². The summed E-state index contributed by atoms with van der Waals surface area (Å²) in [5, 5.41) is 0. The molecule has 0 spiro atoms. The largest absolute Gasteiger partial charge is 0.379 e. The van der Waals surface area contributed by atoms with Gasteiger partial charge in [0.2, 0.25) is 11.8 Å². The average Bonchev–Trinajstić information content (AvgIpc) is 3.26. The maximum atomic E-state index is 13.9. The summed E-state index contributed by atoms with van der Waals surface area (Å²) in [5.41, 5.74) is 0. The Bertz CT molecular complexity index is 1000. The van der Waals surface area contributed by atoms with E-state index in [1.807, 2.05) is 41.5 Å². The fraction of sp³-hybridized carbons (Fsp3) is 0.758. The van der Waals surface area contributed by atoms with Crippen molar-refractivity contribution in [3.8, 4) is 0 Å². The topological polar surface area (TPSA) is 121 Å². The first-order chi connectivity index (χ1) is 20.1. The van der Waals surface area contributed by atoms with Crippen LogP contribution >= 0.6 is 0 Å². The van der Waals surface area contributed by atoms with Crippen LogP contribution in [0.15, 0.2) is 12.2 Å². The average molecular weight is 606 g/mol. The van der Waals surface area contributed by atoms with E-state index in [2.05, 4.69) is 0 Å². The molecule has 0 saturated carbocycles. The third-order valence-electron chi connectivity index (χ3n) is 8.68. The number of hydrogen-bond acceptors (Lipinski definition) is 7. The molecule has 10 heteroatoms. The lowest BCUT2D eigenvalue weighted by Crippen LogP contribution is -2.53. The highest BCUT2D eigenvalue weighted by atomic mass is 16.5. The van der Waals surface area contributed by atoms with Crippen LogP contribution < -0.4 is 0 Å². The smallest absolute Gasteiger partial charge is 0.253 e. The third-order valence-corrected chi connectivity index (χ3v) is 8.68. The molecule has 0 unspecified atom stereocenters. The molecule has 0 aromatic carbocycles. The molecule has 10 nitrogen and oxygen atoms in total. The van der Waals surface area contributed by atoms with Gasteiger partial charge in [0.25, 0.3) is 11.8 Å². The molecule has 0 N–H and O–H groups in total. The molecule has 1 aliphatic rings. The molecule has 0 saturated heterocycles. The summed E-state index contributed by atoms with van der Waals surface area (Å²) >= 11 is 0. The highest BCUT2D eigenvalue weighted by molar-refractivity contribution is 6.12. The number of ketones is 2. The molecule has 0 aromatic rings. The van der Waals surface area contributed by atoms with Gasteiger partial charge < -0.3 is 14.5 Å². The van der Waals surface area contributed by atoms with Gasteiger partial charge in [-0.1, -0.05) is 54.4 Å². The van der Waals surface area contributed by atoms with Crippen LogP contribution in [0.4, 0.5) is 0 Å². The zero-order valence-corrected chi connectivity index (χ0v) is 28.1. The van der Waals surface area contributed by atoms with Gasteiger partial charge in [0.15, 0.2) is 5.78 Å². The molecule has 244 valence electrons. The maximum absolute atomic E-state index is 13.9. The lowest BCUT2D eigenvalue weighted by molar-refractivity contribution is -0.147. The van der Waals surface area contributed by atoms with Crippen LogP contribution in [0, 0.1) is 23.7 Å². The van der Waals surface area contributed by atoms with Crippen molar-refractivity contribution >= 4 is 35.2 Å². The molecule has 5 atom stereocenters. The van der Waals surface area contributed by atoms with Gasteiger partial charge in [-0.15, -0.1) is 0 Å². The lowest BCUT2D eigenvalue weighted by atomic mass is 9.83. The van der Waals surface area contributed by atoms with Crippen molar-refractivity contribution in [1.82, 2.24) is 14.7 Å². The minimum atomic E-state index is -0.674. The molecule has 4 amide bonds. The molecule has 1 heterocycles. The van der Waals surface area contributed by atoms with Crippen LogP contribution in [0.1, 0.15) is 93.4 Å². The number of carbonyl (C=O) groups excluding carboxylic acids is 6. The van der Waals surface area contributed by atoms with E-state index >= 15 is 0 Å². The Balaban J connectivity index is 2.93. The number of Topliss-reactive ketones (excluding diaryl/α,β-unsaturated/α-hetero) is 2. The van der Waals surface area contributed by atoms with Crippen LogP contribution in [-0.4, -0.2) is 95.8 Å². The van der Waals surface area contributed by atoms with Crippen molar-refractivity contribution in [1.29, 1.82) is 0 Å². The number of hydrogen-bond donors (Lipinski definition) is 0. The zero-order valence-electron chi connectivity index (χ0n) is 28.1. The first-order valence-corrected chi connectivity index (χ1v) is 15.7. The van der Waals surface area contributed by atoms with Crippen molar-refractivity contribution in [2.75, 3.05) is 27.7 Å². The summed E-state index contributed by atoms with van der Waals surface area (Å²) < 4.78 is 5.69. The van der Waals surface area contributed by atoms with E-state index in [4.69, 9.17) is 4.74 Å². The van der Waals surface area contributed by atoms with Gasteiger partial charge in [0, 0.05) is 65.1 Å². The highest BCUT2D eigenvalue weighted by Gasteiger charge is 2.39. The molecule has 0 fully saturated rings. The lowest BCUT2D eigenvalue weighted by Gasteiger charge is -2.40. The molecule has 1 rings (SSSR count). The van der Waals surface area contributed by atoms with Crippen LogP contribution in [-0.2, 0) is 33.5 Å². The second-order valence-electron chi connectivity index (χ2n) is 12.7. The Morgan fingerprint density at radius 3 is 1.91 bits per heavy atom. The van der Waals surface area contributed by atoms with Crippen molar-refractivity contribution in [3.63, 3.8) is 0 Å². The van der Waals surface area contributed by atoms with Gasteiger partial charge >= 0.3 is 0 Å². The molecule has 0 radical (unpaired) electrons. The zero-order chi connectivity index (χ0) is 33.0. The second-order valence-corrected chi connectivity index (χ2v) is 12.7. The molecule has 0 aliphatic carbocycles. The van der Waals surface area contributed by atoms with Crippen LogP contribution in [0.5, 0.6) is 0 Å². The van der Waals surface area contributed by atoms with Gasteiger partial charge in [-0.05, 0) is 37.5 Å². The second kappa shape index (κ2) is 18.0. The quantitative estimate of drug-likeness (QED) is 0.152. The third kappa shape index (κ3) is 11.0. The number of imide groups is 1. The van der Waals surface area contributed by atoms with E-state index in [0.29, 0.717) is 25.8 Å². The van der Waals surface area contributed by atoms with E-state index in [9.17, 15) is 28.8 Å². The first kappa shape index (κ1) is 38.1. The summed E-state index contributed by atoms with van der Waals surface area (Å²) in [6.45, 7) is 13.5. The number of rotatable bonds is 20. The van der Waals surface area contributed by atoms with Gasteiger partial charge in [0.05, 0.1) is 18.2 Å². The molecular formula is C33H55N3O7. The fourth-order valence-corrected chi connectivity index (χ4v) is 5.96. The summed E-state index contributed by atoms with van der Waals surface area (Å²) in [4.78, 5) is 80.5. The standard InChI is InChI=1S/C33H55N3O7/c1-11-23(6)32(27(43-10)19-24(7)37)35(9)33(42)25(21(2)3)20-26(38)31(22(4)5)34(8)28(39)15-13-12-14-18-36-29(40)16-17-30(36)41/h16-17,21-23,25,27,31-32H,11-15,18-20H2,1-10H3/t23-,25-,27+,31-,32-/m0/s1. The molecule has 0 bridgehead atoms. The van der Waals surface area contributed by atoms with E-state index in [-0.39, 0.29) is 78.3 Å². The Labute approximate surface area is 258 Å². The molecule has 0 aromatic heterocycles. The number of amides is 4. The first-order valence-electron chi connectivity index (χ1n) is 15.7. The summed E-state index contributed by atoms with van der Waals surface area (Å²) in [5.74, 6) is -1.91. The van der Waals surface area contributed by atoms with Crippen molar-refractivity contribution < 1.29 is 33.5 Å². The number of methoxy groups -OCH3 is 1. The normalized spacial score (nSPS) is 16.8. The van der Waals surface area contributed by atoms with E-state index < -0.39 is 18.1 Å². The number of likely N-dealkylation sites (N-methyl/N-ethyl adjacent to an activating group) is 2. The van der Waals surface area contributed by atoms with Crippen molar-refractivity contribution in [3.05, 3.63) is 12.2 Å². The van der Waals surface area contributed by atoms with Crippen LogP contribution in [0.25, 0.3) is 0 Å². The van der Waals surface area contributed by atoms with Crippen molar-refractivity contribution in [2.24, 2.45) is 23.7 Å². The van der Waals surface area contributed by atoms with Gasteiger partial charge in [0.1, 0.15) is 5.78 Å². The number of ether oxygens (including phenoxy) is 1. The highest BCUT2D eigenvalue weighted by Crippen LogP contribution is 2.28. The monoisotopic (exact) mass is 605 g/mol. The van der Waals surface area contributed by atoms with Gasteiger partial charge in [-0.3, -0.25) is 33.7 Å². The summed E-state index contributed by atoms with van der Waals surface area (Å²) in [6, 6.07) is -1.00. The van der Waals surface area contributed by atoms with Gasteiger partial charge in [-0.2, -0.15) is 0 Å². The van der Waals surface area contributed by atoms with Gasteiger partial charge in [-0.25, -0.2) is 0 Å². The Hall–Kier alpha value is -2.88. The summed E-state index contributed by atoms with van der Waals surface area (Å²) in [7, 11) is 4.92. The number of carbonyl (C=O) groups is 6. The Kier molecular flexibility index (Phi) is 16.0. The predicted molar refractivity (Wildman–Crippen MR) is 166 cm³/mol. The Morgan fingerprint density at radius 2 is 1.44 bits per heavy atom. The maximum Gasteiger partial charge on any atom is 0.253 e.